The van der Waals surface area contributed by atoms with Crippen molar-refractivity contribution in [1.82, 2.24) is 9.97 Å². The summed E-state index contributed by atoms with van der Waals surface area (Å²) in [4.78, 5) is 13.0. The Morgan fingerprint density at radius 2 is 1.41 bits per heavy atom. The van der Waals surface area contributed by atoms with E-state index in [2.05, 4.69) is 35.3 Å². The van der Waals surface area contributed by atoms with Crippen LogP contribution in [0, 0.1) is 0 Å². The van der Waals surface area contributed by atoms with Crippen molar-refractivity contribution in [3.8, 4) is 22.5 Å². The van der Waals surface area contributed by atoms with Crippen molar-refractivity contribution < 1.29 is 4.42 Å². The summed E-state index contributed by atoms with van der Waals surface area (Å²) in [6.45, 7) is 0. The maximum absolute atomic E-state index is 6.24. The molecule has 0 radical (unpaired) electrons. The average Bonchev–Trinajstić information content (AvgIpc) is 3.29. The molecule has 32 heavy (non-hydrogen) atoms. The van der Waals surface area contributed by atoms with Crippen LogP contribution in [0.5, 0.6) is 0 Å². The van der Waals surface area contributed by atoms with E-state index in [1.807, 2.05) is 78.9 Å². The molecule has 0 aliphatic rings. The lowest BCUT2D eigenvalue weighted by atomic mass is 10.1. The number of nitrogens with zero attached hydrogens (tertiary/aromatic N) is 2. The van der Waals surface area contributed by atoms with Crippen LogP contribution < -0.4 is 5.55 Å². The van der Waals surface area contributed by atoms with E-state index in [1.165, 1.54) is 5.56 Å². The zero-order valence-electron chi connectivity index (χ0n) is 17.2. The smallest absolute Gasteiger partial charge is 0.230 e. The fourth-order valence-electron chi connectivity index (χ4n) is 3.88. The summed E-state index contributed by atoms with van der Waals surface area (Å²) in [5.74, 6) is 0.736. The monoisotopic (exact) mass is 413 g/mol. The standard InChI is InChI=1S/C28H19N3O/c1-2-8-19(9-3-1)20-14-16-22(17-15-20)29-28-23(18-21-10-4-7-13-26(21)32-28)27-30-24-11-5-6-12-25(24)31-27/h1-18H,(H,30,31). The molecule has 0 saturated heterocycles. The molecular formula is C28H19N3O. The fraction of sp³-hybridized carbons (Fsp3) is 0. The lowest BCUT2D eigenvalue weighted by Gasteiger charge is -2.04. The van der Waals surface area contributed by atoms with Crippen molar-refractivity contribution in [3.05, 3.63) is 115 Å². The van der Waals surface area contributed by atoms with Gasteiger partial charge in [0.25, 0.3) is 0 Å². The van der Waals surface area contributed by atoms with Gasteiger partial charge in [-0.05, 0) is 47.5 Å². The summed E-state index contributed by atoms with van der Waals surface area (Å²) in [7, 11) is 0. The minimum atomic E-state index is 0.523. The summed E-state index contributed by atoms with van der Waals surface area (Å²) in [5, 5.41) is 1.00. The Kier molecular flexibility index (Phi) is 4.40. The van der Waals surface area contributed by atoms with Crippen LogP contribution in [0.3, 0.4) is 0 Å². The summed E-state index contributed by atoms with van der Waals surface area (Å²) < 4.78 is 6.24. The van der Waals surface area contributed by atoms with E-state index >= 15 is 0 Å². The van der Waals surface area contributed by atoms with E-state index in [1.54, 1.807) is 0 Å². The Balaban J connectivity index is 1.51. The third-order valence-corrected chi connectivity index (χ3v) is 5.51. The minimum Gasteiger partial charge on any atom is -0.438 e. The van der Waals surface area contributed by atoms with Crippen LogP contribution in [-0.2, 0) is 0 Å². The lowest BCUT2D eigenvalue weighted by Crippen LogP contribution is -2.06. The highest BCUT2D eigenvalue weighted by Crippen LogP contribution is 2.25. The van der Waals surface area contributed by atoms with Gasteiger partial charge in [-0.15, -0.1) is 0 Å². The normalized spacial score (nSPS) is 11.9. The molecule has 6 aromatic rings. The number of fused-ring (bicyclic) bond motifs is 2. The number of nitrogens with one attached hydrogen (secondary N) is 1. The molecule has 0 bridgehead atoms. The second-order valence-electron chi connectivity index (χ2n) is 7.63. The molecule has 0 aliphatic carbocycles. The van der Waals surface area contributed by atoms with Crippen LogP contribution >= 0.6 is 0 Å². The number of aromatic nitrogens is 2. The van der Waals surface area contributed by atoms with Gasteiger partial charge in [0, 0.05) is 5.39 Å². The van der Waals surface area contributed by atoms with Crippen molar-refractivity contribution in [2.75, 3.05) is 0 Å². The van der Waals surface area contributed by atoms with Gasteiger partial charge >= 0.3 is 0 Å². The Hall–Kier alpha value is -4.44. The van der Waals surface area contributed by atoms with E-state index in [0.717, 1.165) is 44.6 Å². The Morgan fingerprint density at radius 1 is 0.688 bits per heavy atom. The summed E-state index contributed by atoms with van der Waals surface area (Å²) in [6, 6.07) is 36.5. The van der Waals surface area contributed by atoms with E-state index in [-0.39, 0.29) is 0 Å². The number of rotatable bonds is 3. The van der Waals surface area contributed by atoms with Gasteiger partial charge < -0.3 is 9.40 Å². The van der Waals surface area contributed by atoms with Gasteiger partial charge in [0.1, 0.15) is 11.4 Å². The first kappa shape index (κ1) is 18.3. The fourth-order valence-corrected chi connectivity index (χ4v) is 3.88. The Bertz CT molecular complexity index is 1580. The summed E-state index contributed by atoms with van der Waals surface area (Å²) in [5.41, 5.74) is 7.17. The maximum atomic E-state index is 6.24. The Labute approximate surface area is 184 Å². The lowest BCUT2D eigenvalue weighted by molar-refractivity contribution is 0.547. The maximum Gasteiger partial charge on any atom is 0.230 e. The zero-order chi connectivity index (χ0) is 21.3. The van der Waals surface area contributed by atoms with Crippen LogP contribution in [0.1, 0.15) is 0 Å². The first-order chi connectivity index (χ1) is 15.8. The van der Waals surface area contributed by atoms with Crippen LogP contribution in [-0.4, -0.2) is 9.97 Å². The molecule has 0 unspecified atom stereocenters. The molecule has 0 amide bonds. The van der Waals surface area contributed by atoms with Gasteiger partial charge in [-0.1, -0.05) is 72.8 Å². The molecule has 0 spiro atoms. The molecule has 1 N–H and O–H groups in total. The average molecular weight is 413 g/mol. The van der Waals surface area contributed by atoms with Gasteiger partial charge in [-0.2, -0.15) is 0 Å². The van der Waals surface area contributed by atoms with E-state index in [4.69, 9.17) is 14.4 Å². The van der Waals surface area contributed by atoms with Crippen molar-refractivity contribution in [3.63, 3.8) is 0 Å². The molecule has 4 aromatic carbocycles. The SMILES string of the molecule is c1ccc(-c2ccc(N=c3oc4ccccc4cc3-c3nc4ccccc4[nH]3)cc2)cc1. The molecule has 0 aliphatic heterocycles. The predicted molar refractivity (Wildman–Crippen MR) is 128 cm³/mol. The number of imidazole rings is 1. The van der Waals surface area contributed by atoms with E-state index in [9.17, 15) is 0 Å². The van der Waals surface area contributed by atoms with Crippen LogP contribution in [0.25, 0.3) is 44.5 Å². The van der Waals surface area contributed by atoms with Crippen LogP contribution in [0.15, 0.2) is 119 Å². The van der Waals surface area contributed by atoms with Gasteiger partial charge in [-0.25, -0.2) is 9.98 Å². The molecule has 2 aromatic heterocycles. The third kappa shape index (κ3) is 3.38. The van der Waals surface area contributed by atoms with Gasteiger partial charge in [0.2, 0.25) is 5.55 Å². The minimum absolute atomic E-state index is 0.523. The van der Waals surface area contributed by atoms with Gasteiger partial charge in [0.05, 0.1) is 22.3 Å². The molecule has 0 saturated carbocycles. The molecule has 4 nitrogen and oxygen atoms in total. The Morgan fingerprint density at radius 3 is 2.25 bits per heavy atom. The first-order valence-electron chi connectivity index (χ1n) is 10.5. The number of aromatic amines is 1. The third-order valence-electron chi connectivity index (χ3n) is 5.51. The molecule has 0 fully saturated rings. The van der Waals surface area contributed by atoms with E-state index < -0.39 is 0 Å². The van der Waals surface area contributed by atoms with Crippen molar-refractivity contribution >= 4 is 27.7 Å². The highest BCUT2D eigenvalue weighted by molar-refractivity contribution is 5.83. The van der Waals surface area contributed by atoms with Crippen LogP contribution in [0.4, 0.5) is 5.69 Å². The zero-order valence-corrected chi connectivity index (χ0v) is 17.2. The van der Waals surface area contributed by atoms with Gasteiger partial charge in [0.15, 0.2) is 0 Å². The number of hydrogen-bond donors (Lipinski definition) is 1. The van der Waals surface area contributed by atoms with E-state index in [0.29, 0.717) is 5.55 Å². The van der Waals surface area contributed by atoms with Crippen molar-refractivity contribution in [2.45, 2.75) is 0 Å². The number of para-hydroxylation sites is 3. The molecule has 2 heterocycles. The first-order valence-corrected chi connectivity index (χ1v) is 10.5. The topological polar surface area (TPSA) is 54.2 Å². The van der Waals surface area contributed by atoms with Crippen LogP contribution in [0.2, 0.25) is 0 Å². The molecule has 152 valence electrons. The highest BCUT2D eigenvalue weighted by Gasteiger charge is 2.11. The molecular weight excluding hydrogens is 394 g/mol. The largest absolute Gasteiger partial charge is 0.438 e. The summed E-state index contributed by atoms with van der Waals surface area (Å²) in [6.07, 6.45) is 0. The number of benzene rings is 4. The molecule has 6 rings (SSSR count). The highest BCUT2D eigenvalue weighted by atomic mass is 16.3. The van der Waals surface area contributed by atoms with Gasteiger partial charge in [-0.3, -0.25) is 0 Å². The molecule has 0 atom stereocenters. The second-order valence-corrected chi connectivity index (χ2v) is 7.63. The second kappa shape index (κ2) is 7.67. The van der Waals surface area contributed by atoms with Crippen molar-refractivity contribution in [1.29, 1.82) is 0 Å². The number of H-pyrrole nitrogens is 1. The number of hydrogen-bond acceptors (Lipinski definition) is 3. The summed E-state index contributed by atoms with van der Waals surface area (Å²) >= 11 is 0. The molecule has 4 heteroatoms. The quantitative estimate of drug-likeness (QED) is 0.344. The van der Waals surface area contributed by atoms with Crippen molar-refractivity contribution in [2.24, 2.45) is 4.99 Å². The predicted octanol–water partition coefficient (Wildman–Crippen LogP) is 6.88.